The van der Waals surface area contributed by atoms with Crippen molar-refractivity contribution in [1.29, 1.82) is 0 Å². The molecule has 1 aliphatic rings. The van der Waals surface area contributed by atoms with Crippen molar-refractivity contribution in [3.8, 4) is 0 Å². The highest BCUT2D eigenvalue weighted by Crippen LogP contribution is 2.36. The molecule has 1 aromatic rings. The monoisotopic (exact) mass is 297 g/mol. The maximum absolute atomic E-state index is 5.12. The molecule has 5 heteroatoms. The average Bonchev–Trinajstić information content (AvgIpc) is 2.90. The Labute approximate surface area is 126 Å². The molecule has 1 aromatic heterocycles. The third-order valence-electron chi connectivity index (χ3n) is 3.75. The predicted molar refractivity (Wildman–Crippen MR) is 85.8 cm³/mol. The van der Waals surface area contributed by atoms with E-state index >= 15 is 0 Å². The van der Waals surface area contributed by atoms with Crippen LogP contribution in [0.4, 0.5) is 5.13 Å². The summed E-state index contributed by atoms with van der Waals surface area (Å²) in [7, 11) is 3.89. The van der Waals surface area contributed by atoms with Gasteiger partial charge >= 0.3 is 0 Å². The van der Waals surface area contributed by atoms with Crippen LogP contribution in [-0.4, -0.2) is 38.8 Å². The molecular formula is C15H27N3OS. The summed E-state index contributed by atoms with van der Waals surface area (Å²) >= 11 is 1.87. The lowest BCUT2D eigenvalue weighted by Gasteiger charge is -2.22. The van der Waals surface area contributed by atoms with Gasteiger partial charge in [0.25, 0.3) is 0 Å². The number of aryl methyl sites for hydroxylation is 1. The maximum Gasteiger partial charge on any atom is 0.185 e. The zero-order chi connectivity index (χ0) is 14.4. The number of thiazole rings is 1. The molecule has 0 amide bonds. The third-order valence-corrected chi connectivity index (χ3v) is 5.00. The third kappa shape index (κ3) is 3.93. The number of ether oxygens (including phenoxy) is 1. The van der Waals surface area contributed by atoms with Gasteiger partial charge < -0.3 is 15.0 Å². The number of nitrogens with one attached hydrogen (secondary N) is 1. The molecule has 0 saturated carbocycles. The first kappa shape index (κ1) is 15.7. The van der Waals surface area contributed by atoms with Crippen LogP contribution < -0.4 is 10.2 Å². The van der Waals surface area contributed by atoms with Gasteiger partial charge in [0.2, 0.25) is 0 Å². The first-order chi connectivity index (χ1) is 9.76. The minimum absolute atomic E-state index is 0.469. The van der Waals surface area contributed by atoms with E-state index in [2.05, 4.69) is 24.2 Å². The molecule has 114 valence electrons. The van der Waals surface area contributed by atoms with Crippen molar-refractivity contribution in [1.82, 2.24) is 10.3 Å². The molecular weight excluding hydrogens is 270 g/mol. The Kier molecular flexibility index (Phi) is 6.26. The fraction of sp³-hybridized carbons (Fsp3) is 0.800. The number of rotatable bonds is 8. The second kappa shape index (κ2) is 7.96. The molecule has 1 atom stereocenters. The number of methoxy groups -OCH3 is 1. The topological polar surface area (TPSA) is 37.4 Å². The lowest BCUT2D eigenvalue weighted by atomic mass is 9.97. The second-order valence-electron chi connectivity index (χ2n) is 5.47. The van der Waals surface area contributed by atoms with Crippen LogP contribution in [0.3, 0.4) is 0 Å². The largest absolute Gasteiger partial charge is 0.385 e. The molecule has 0 bridgehead atoms. The van der Waals surface area contributed by atoms with Crippen LogP contribution in [0.2, 0.25) is 0 Å². The molecule has 0 fully saturated rings. The van der Waals surface area contributed by atoms with Crippen LogP contribution in [0.5, 0.6) is 0 Å². The van der Waals surface area contributed by atoms with E-state index in [1.54, 1.807) is 7.11 Å². The van der Waals surface area contributed by atoms with Gasteiger partial charge in [-0.2, -0.15) is 0 Å². The van der Waals surface area contributed by atoms with Crippen LogP contribution in [-0.2, 0) is 11.2 Å². The summed E-state index contributed by atoms with van der Waals surface area (Å²) in [6.07, 6.45) is 5.94. The highest BCUT2D eigenvalue weighted by Gasteiger charge is 2.24. The Morgan fingerprint density at radius 3 is 3.10 bits per heavy atom. The fourth-order valence-corrected chi connectivity index (χ4v) is 3.78. The number of anilines is 1. The van der Waals surface area contributed by atoms with Gasteiger partial charge in [-0.25, -0.2) is 4.98 Å². The van der Waals surface area contributed by atoms with Gasteiger partial charge in [-0.3, -0.25) is 0 Å². The summed E-state index contributed by atoms with van der Waals surface area (Å²) in [5, 5.41) is 4.80. The molecule has 1 unspecified atom stereocenters. The van der Waals surface area contributed by atoms with Crippen molar-refractivity contribution in [2.45, 2.75) is 45.1 Å². The molecule has 2 rings (SSSR count). The van der Waals surface area contributed by atoms with E-state index in [9.17, 15) is 0 Å². The van der Waals surface area contributed by atoms with Crippen LogP contribution in [0.15, 0.2) is 0 Å². The standard InChI is InChI=1S/C15H27N3OS/c1-4-9-16-12-7-5-8-13-14(12)17-15(20-13)18(2)10-6-11-19-3/h12,16H,4-11H2,1-3H3. The van der Waals surface area contributed by atoms with Crippen LogP contribution in [0, 0.1) is 0 Å². The highest BCUT2D eigenvalue weighted by molar-refractivity contribution is 7.15. The van der Waals surface area contributed by atoms with E-state index in [1.165, 1.54) is 36.3 Å². The summed E-state index contributed by atoms with van der Waals surface area (Å²) in [6, 6.07) is 0.469. The minimum atomic E-state index is 0.469. The first-order valence-corrected chi connectivity index (χ1v) is 8.51. The summed E-state index contributed by atoms with van der Waals surface area (Å²) in [4.78, 5) is 8.65. The van der Waals surface area contributed by atoms with Crippen molar-refractivity contribution in [3.05, 3.63) is 10.6 Å². The van der Waals surface area contributed by atoms with Gasteiger partial charge in [0.1, 0.15) is 0 Å². The normalized spacial score (nSPS) is 18.1. The van der Waals surface area contributed by atoms with Crippen LogP contribution >= 0.6 is 11.3 Å². The van der Waals surface area contributed by atoms with E-state index in [1.807, 2.05) is 11.3 Å². The van der Waals surface area contributed by atoms with E-state index in [0.29, 0.717) is 6.04 Å². The maximum atomic E-state index is 5.12. The number of hydrogen-bond donors (Lipinski definition) is 1. The van der Waals surface area contributed by atoms with Gasteiger partial charge in [-0.15, -0.1) is 11.3 Å². The van der Waals surface area contributed by atoms with Gasteiger partial charge in [0, 0.05) is 32.2 Å². The molecule has 0 aliphatic heterocycles. The van der Waals surface area contributed by atoms with Crippen molar-refractivity contribution >= 4 is 16.5 Å². The Balaban J connectivity index is 2.01. The minimum Gasteiger partial charge on any atom is -0.385 e. The summed E-state index contributed by atoms with van der Waals surface area (Å²) < 4.78 is 5.12. The number of aromatic nitrogens is 1. The van der Waals surface area contributed by atoms with E-state index in [4.69, 9.17) is 9.72 Å². The number of hydrogen-bond acceptors (Lipinski definition) is 5. The number of nitrogens with zero attached hydrogens (tertiary/aromatic N) is 2. The molecule has 1 aliphatic carbocycles. The van der Waals surface area contributed by atoms with Crippen molar-refractivity contribution in [2.75, 3.05) is 38.8 Å². The van der Waals surface area contributed by atoms with Gasteiger partial charge in [-0.05, 0) is 38.6 Å². The smallest absolute Gasteiger partial charge is 0.185 e. The highest BCUT2D eigenvalue weighted by atomic mass is 32.1. The average molecular weight is 297 g/mol. The van der Waals surface area contributed by atoms with Gasteiger partial charge in [-0.1, -0.05) is 6.92 Å². The van der Waals surface area contributed by atoms with Crippen molar-refractivity contribution in [3.63, 3.8) is 0 Å². The SMILES string of the molecule is CCCNC1CCCc2sc(N(C)CCCOC)nc21. The van der Waals surface area contributed by atoms with Crippen LogP contribution in [0.1, 0.15) is 49.2 Å². The lowest BCUT2D eigenvalue weighted by molar-refractivity contribution is 0.196. The molecule has 1 heterocycles. The Morgan fingerprint density at radius 2 is 2.35 bits per heavy atom. The Morgan fingerprint density at radius 1 is 1.50 bits per heavy atom. The number of fused-ring (bicyclic) bond motifs is 1. The zero-order valence-corrected chi connectivity index (χ0v) is 13.8. The molecule has 1 N–H and O–H groups in total. The van der Waals surface area contributed by atoms with Gasteiger partial charge in [0.15, 0.2) is 5.13 Å². The van der Waals surface area contributed by atoms with E-state index < -0.39 is 0 Å². The van der Waals surface area contributed by atoms with Crippen LogP contribution in [0.25, 0.3) is 0 Å². The van der Waals surface area contributed by atoms with Gasteiger partial charge in [0.05, 0.1) is 11.7 Å². The lowest BCUT2D eigenvalue weighted by Crippen LogP contribution is -2.26. The van der Waals surface area contributed by atoms with Crippen molar-refractivity contribution in [2.24, 2.45) is 0 Å². The van der Waals surface area contributed by atoms with E-state index in [-0.39, 0.29) is 0 Å². The zero-order valence-electron chi connectivity index (χ0n) is 12.9. The Bertz CT molecular complexity index is 408. The molecule has 4 nitrogen and oxygen atoms in total. The summed E-state index contributed by atoms with van der Waals surface area (Å²) in [5.74, 6) is 0. The first-order valence-electron chi connectivity index (χ1n) is 7.69. The quantitative estimate of drug-likeness (QED) is 0.749. The summed E-state index contributed by atoms with van der Waals surface area (Å²) in [5.41, 5.74) is 1.31. The molecule has 20 heavy (non-hydrogen) atoms. The van der Waals surface area contributed by atoms with Crippen molar-refractivity contribution < 1.29 is 4.74 Å². The fourth-order valence-electron chi connectivity index (χ4n) is 2.63. The molecule has 0 radical (unpaired) electrons. The predicted octanol–water partition coefficient (Wildman–Crippen LogP) is 2.99. The molecule has 0 saturated heterocycles. The Hall–Kier alpha value is -0.650. The second-order valence-corrected chi connectivity index (χ2v) is 6.53. The summed E-state index contributed by atoms with van der Waals surface area (Å²) in [6.45, 7) is 5.12. The molecule has 0 aromatic carbocycles. The van der Waals surface area contributed by atoms with E-state index in [0.717, 1.165) is 31.2 Å². The molecule has 0 spiro atoms.